The lowest BCUT2D eigenvalue weighted by Crippen LogP contribution is -2.31. The Hall–Kier alpha value is -2.33. The predicted octanol–water partition coefficient (Wildman–Crippen LogP) is 2.54. The molecule has 2 rings (SSSR count). The highest BCUT2D eigenvalue weighted by atomic mass is 16.2. The number of nitrogens with two attached hydrogens (primary N) is 1. The summed E-state index contributed by atoms with van der Waals surface area (Å²) in [7, 11) is 2.02. The van der Waals surface area contributed by atoms with Gasteiger partial charge in [0.1, 0.15) is 0 Å². The van der Waals surface area contributed by atoms with Crippen molar-refractivity contribution in [3.05, 3.63) is 64.7 Å². The van der Waals surface area contributed by atoms with Crippen LogP contribution in [0.4, 0.5) is 5.69 Å². The first-order valence-electron chi connectivity index (χ1n) is 6.89. The van der Waals surface area contributed by atoms with Crippen molar-refractivity contribution in [2.75, 3.05) is 11.9 Å². The molecule has 0 aliphatic heterocycles. The fraction of sp³-hybridized carbons (Fsp3) is 0.235. The average Bonchev–Trinajstić information content (AvgIpc) is 2.46. The number of carbonyl (C=O) groups excluding carboxylic acids is 1. The maximum absolute atomic E-state index is 11.8. The van der Waals surface area contributed by atoms with Crippen LogP contribution >= 0.6 is 0 Å². The largest absolute Gasteiger partial charge is 0.370 e. The number of amides is 1. The number of hydrogen-bond donors (Lipinski definition) is 2. The van der Waals surface area contributed by atoms with Crippen molar-refractivity contribution >= 4 is 11.6 Å². The van der Waals surface area contributed by atoms with Crippen LogP contribution in [0.1, 0.15) is 27.0 Å². The zero-order valence-corrected chi connectivity index (χ0v) is 12.7. The topological polar surface area (TPSA) is 58.4 Å². The van der Waals surface area contributed by atoms with Crippen LogP contribution in [0.25, 0.3) is 0 Å². The summed E-state index contributed by atoms with van der Waals surface area (Å²) in [5.41, 5.74) is 7.34. The van der Waals surface area contributed by atoms with Gasteiger partial charge in [0, 0.05) is 24.8 Å². The Balaban J connectivity index is 2.27. The zero-order valence-electron chi connectivity index (χ0n) is 12.7. The first-order valence-corrected chi connectivity index (χ1v) is 6.89. The van der Waals surface area contributed by atoms with Crippen LogP contribution in [0.5, 0.6) is 0 Å². The fourth-order valence-electron chi connectivity index (χ4n) is 2.48. The van der Waals surface area contributed by atoms with E-state index in [1.807, 2.05) is 25.2 Å². The summed E-state index contributed by atoms with van der Waals surface area (Å²) >= 11 is 0. The highest BCUT2D eigenvalue weighted by Crippen LogP contribution is 2.20. The second-order valence-electron chi connectivity index (χ2n) is 5.33. The monoisotopic (exact) mass is 283 g/mol. The van der Waals surface area contributed by atoms with E-state index in [4.69, 9.17) is 5.84 Å². The Morgan fingerprint density at radius 3 is 2.38 bits per heavy atom. The molecule has 0 atom stereocenters. The summed E-state index contributed by atoms with van der Waals surface area (Å²) in [6, 6.07) is 13.9. The Bertz CT molecular complexity index is 632. The van der Waals surface area contributed by atoms with E-state index in [0.717, 1.165) is 11.3 Å². The lowest BCUT2D eigenvalue weighted by Gasteiger charge is -2.22. The molecule has 0 spiro atoms. The molecule has 0 radical (unpaired) electrons. The third kappa shape index (κ3) is 3.61. The number of hydrogen-bond acceptors (Lipinski definition) is 3. The van der Waals surface area contributed by atoms with Crippen molar-refractivity contribution in [1.82, 2.24) is 5.43 Å². The molecule has 0 aromatic heterocycles. The molecule has 0 aliphatic carbocycles. The van der Waals surface area contributed by atoms with Gasteiger partial charge >= 0.3 is 0 Å². The number of rotatable bonds is 4. The van der Waals surface area contributed by atoms with Crippen molar-refractivity contribution < 1.29 is 4.79 Å². The van der Waals surface area contributed by atoms with Gasteiger partial charge in [0.15, 0.2) is 0 Å². The molecular weight excluding hydrogens is 262 g/mol. The molecule has 2 aromatic carbocycles. The normalized spacial score (nSPS) is 10.3. The van der Waals surface area contributed by atoms with Gasteiger partial charge in [0.05, 0.1) is 0 Å². The van der Waals surface area contributed by atoms with Crippen LogP contribution in [0.15, 0.2) is 42.5 Å². The van der Waals surface area contributed by atoms with E-state index in [9.17, 15) is 4.79 Å². The van der Waals surface area contributed by atoms with Gasteiger partial charge in [-0.2, -0.15) is 0 Å². The lowest BCUT2D eigenvalue weighted by atomic mass is 10.1. The SMILES string of the molecule is Cc1cc(C)cc(N(C)Cc2ccccc2C(=O)NN)c1. The second-order valence-corrected chi connectivity index (χ2v) is 5.33. The van der Waals surface area contributed by atoms with Gasteiger partial charge in [0.25, 0.3) is 5.91 Å². The van der Waals surface area contributed by atoms with E-state index in [1.165, 1.54) is 11.1 Å². The molecule has 2 aromatic rings. The first-order chi connectivity index (χ1) is 10.0. The van der Waals surface area contributed by atoms with Crippen LogP contribution < -0.4 is 16.2 Å². The van der Waals surface area contributed by atoms with E-state index < -0.39 is 0 Å². The predicted molar refractivity (Wildman–Crippen MR) is 86.1 cm³/mol. The number of benzene rings is 2. The van der Waals surface area contributed by atoms with Gasteiger partial charge in [-0.1, -0.05) is 24.3 Å². The van der Waals surface area contributed by atoms with E-state index in [-0.39, 0.29) is 5.91 Å². The van der Waals surface area contributed by atoms with Crippen LogP contribution in [0, 0.1) is 13.8 Å². The van der Waals surface area contributed by atoms with E-state index in [0.29, 0.717) is 12.1 Å². The molecule has 0 saturated heterocycles. The van der Waals surface area contributed by atoms with Gasteiger partial charge in [-0.15, -0.1) is 0 Å². The summed E-state index contributed by atoms with van der Waals surface area (Å²) in [4.78, 5) is 13.9. The maximum atomic E-state index is 11.8. The summed E-state index contributed by atoms with van der Waals surface area (Å²) in [6.45, 7) is 4.81. The Kier molecular flexibility index (Phi) is 4.60. The molecule has 3 N–H and O–H groups in total. The van der Waals surface area contributed by atoms with Crippen molar-refractivity contribution in [2.45, 2.75) is 20.4 Å². The number of carbonyl (C=O) groups is 1. The van der Waals surface area contributed by atoms with Crippen molar-refractivity contribution in [2.24, 2.45) is 5.84 Å². The first kappa shape index (κ1) is 15.1. The van der Waals surface area contributed by atoms with E-state index >= 15 is 0 Å². The molecule has 0 saturated carbocycles. The molecule has 110 valence electrons. The average molecular weight is 283 g/mol. The van der Waals surface area contributed by atoms with Crippen LogP contribution in [0.3, 0.4) is 0 Å². The van der Waals surface area contributed by atoms with Crippen molar-refractivity contribution in [3.8, 4) is 0 Å². The van der Waals surface area contributed by atoms with E-state index in [2.05, 4.69) is 42.4 Å². The Morgan fingerprint density at radius 1 is 1.14 bits per heavy atom. The van der Waals surface area contributed by atoms with E-state index in [1.54, 1.807) is 6.07 Å². The van der Waals surface area contributed by atoms with Crippen molar-refractivity contribution in [1.29, 1.82) is 0 Å². The fourth-order valence-corrected chi connectivity index (χ4v) is 2.48. The smallest absolute Gasteiger partial charge is 0.265 e. The molecule has 0 unspecified atom stereocenters. The quantitative estimate of drug-likeness (QED) is 0.515. The van der Waals surface area contributed by atoms with Gasteiger partial charge in [-0.05, 0) is 48.7 Å². The van der Waals surface area contributed by atoms with Crippen LogP contribution in [0.2, 0.25) is 0 Å². The number of hydrazine groups is 1. The minimum atomic E-state index is -0.264. The molecular formula is C17H21N3O. The summed E-state index contributed by atoms with van der Waals surface area (Å²) < 4.78 is 0. The number of nitrogens with zero attached hydrogens (tertiary/aromatic N) is 1. The molecule has 0 heterocycles. The van der Waals surface area contributed by atoms with Gasteiger partial charge in [-0.25, -0.2) is 5.84 Å². The summed E-state index contributed by atoms with van der Waals surface area (Å²) in [5, 5.41) is 0. The minimum Gasteiger partial charge on any atom is -0.370 e. The summed E-state index contributed by atoms with van der Waals surface area (Å²) in [5.74, 6) is 4.98. The zero-order chi connectivity index (χ0) is 15.4. The molecule has 4 nitrogen and oxygen atoms in total. The number of anilines is 1. The maximum Gasteiger partial charge on any atom is 0.265 e. The van der Waals surface area contributed by atoms with Gasteiger partial charge < -0.3 is 4.90 Å². The molecule has 4 heteroatoms. The summed E-state index contributed by atoms with van der Waals surface area (Å²) in [6.07, 6.45) is 0. The van der Waals surface area contributed by atoms with Crippen molar-refractivity contribution in [3.63, 3.8) is 0 Å². The minimum absolute atomic E-state index is 0.264. The third-order valence-electron chi connectivity index (χ3n) is 3.45. The number of aryl methyl sites for hydroxylation is 2. The van der Waals surface area contributed by atoms with Gasteiger partial charge in [-0.3, -0.25) is 10.2 Å². The van der Waals surface area contributed by atoms with Crippen LogP contribution in [-0.2, 0) is 6.54 Å². The highest BCUT2D eigenvalue weighted by molar-refractivity contribution is 5.95. The standard InChI is InChI=1S/C17H21N3O/c1-12-8-13(2)10-15(9-12)20(3)11-14-6-4-5-7-16(14)17(21)19-18/h4-10H,11,18H2,1-3H3,(H,19,21). The molecule has 0 fully saturated rings. The number of nitrogens with one attached hydrogen (secondary N) is 1. The Morgan fingerprint density at radius 2 is 1.76 bits per heavy atom. The number of nitrogen functional groups attached to an aromatic ring is 1. The van der Waals surface area contributed by atoms with Crippen LogP contribution in [-0.4, -0.2) is 13.0 Å². The van der Waals surface area contributed by atoms with Gasteiger partial charge in [0.2, 0.25) is 0 Å². The highest BCUT2D eigenvalue weighted by Gasteiger charge is 2.11. The molecule has 1 amide bonds. The Labute approximate surface area is 125 Å². The second kappa shape index (κ2) is 6.41. The molecule has 0 bridgehead atoms. The third-order valence-corrected chi connectivity index (χ3v) is 3.45. The molecule has 21 heavy (non-hydrogen) atoms. The lowest BCUT2D eigenvalue weighted by molar-refractivity contribution is 0.0952. The molecule has 0 aliphatic rings.